The molecule has 0 aromatic carbocycles. The van der Waals surface area contributed by atoms with Crippen molar-refractivity contribution in [1.82, 2.24) is 24.2 Å². The number of rotatable bonds is 8. The van der Waals surface area contributed by atoms with Crippen molar-refractivity contribution < 1.29 is 37.5 Å². The van der Waals surface area contributed by atoms with E-state index in [2.05, 4.69) is 15.0 Å². The van der Waals surface area contributed by atoms with Crippen LogP contribution in [0.2, 0.25) is 0 Å². The molecule has 1 saturated heterocycles. The molecule has 178 valence electrons. The average molecular weight is 586 g/mol. The number of amides is 1. The number of halogens is 1. The first-order chi connectivity index (χ1) is 14.9. The molecule has 3 heterocycles. The van der Waals surface area contributed by atoms with Gasteiger partial charge in [0.2, 0.25) is 0 Å². The summed E-state index contributed by atoms with van der Waals surface area (Å²) in [5.41, 5.74) is 6.33. The van der Waals surface area contributed by atoms with Gasteiger partial charge >= 0.3 is 10.3 Å². The number of aliphatic hydroxyl groups is 3. The van der Waals surface area contributed by atoms with E-state index in [1.165, 1.54) is 10.9 Å². The van der Waals surface area contributed by atoms with Gasteiger partial charge in [-0.25, -0.2) is 19.7 Å². The number of nitrogens with zero attached hydrogens (tertiary/aromatic N) is 4. The number of anilines is 1. The minimum absolute atomic E-state index is 0.0389. The van der Waals surface area contributed by atoms with E-state index in [9.17, 15) is 28.5 Å². The van der Waals surface area contributed by atoms with Gasteiger partial charge in [0.25, 0.3) is 5.91 Å². The number of nitrogen functional groups attached to an aromatic ring is 1. The Balaban J connectivity index is 1.68. The molecule has 0 aliphatic carbocycles. The van der Waals surface area contributed by atoms with Gasteiger partial charge in [0.15, 0.2) is 21.5 Å². The Morgan fingerprint density at radius 1 is 1.38 bits per heavy atom. The Hall–Kier alpha value is -1.70. The zero-order chi connectivity index (χ0) is 23.8. The van der Waals surface area contributed by atoms with Crippen molar-refractivity contribution in [2.45, 2.75) is 50.9 Å². The third-order valence-corrected chi connectivity index (χ3v) is 6.02. The maximum absolute atomic E-state index is 12.0. The number of aromatic nitrogens is 4. The molecule has 0 spiro atoms. The first kappa shape index (κ1) is 24.9. The van der Waals surface area contributed by atoms with Gasteiger partial charge in [-0.1, -0.05) is 13.8 Å². The van der Waals surface area contributed by atoms with E-state index < -0.39 is 53.5 Å². The number of fused-ring (bicyclic) bond motifs is 1. The number of nitrogens with two attached hydrogens (primary N) is 1. The third-order valence-electron chi connectivity index (χ3n) is 4.64. The van der Waals surface area contributed by atoms with E-state index in [4.69, 9.17) is 14.7 Å². The number of hydrogen-bond acceptors (Lipinski definition) is 12. The predicted octanol–water partition coefficient (Wildman–Crippen LogP) is -1.58. The van der Waals surface area contributed by atoms with Gasteiger partial charge in [-0.3, -0.25) is 13.5 Å². The molecule has 0 unspecified atom stereocenters. The van der Waals surface area contributed by atoms with Gasteiger partial charge in [0.1, 0.15) is 29.9 Å². The van der Waals surface area contributed by atoms with Crippen molar-refractivity contribution in [2.75, 3.05) is 12.3 Å². The molecule has 3 rings (SSSR count). The number of hydrogen-bond donors (Lipinski definition) is 5. The van der Waals surface area contributed by atoms with Crippen molar-refractivity contribution in [3.63, 3.8) is 0 Å². The Kier molecular flexibility index (Phi) is 7.52. The fourth-order valence-corrected chi connectivity index (χ4v) is 4.37. The second-order valence-electron chi connectivity index (χ2n) is 7.60. The Bertz CT molecular complexity index is 1100. The van der Waals surface area contributed by atoms with Crippen LogP contribution in [-0.4, -0.2) is 80.2 Å². The summed E-state index contributed by atoms with van der Waals surface area (Å²) in [5, 5.41) is 30.4. The summed E-state index contributed by atoms with van der Waals surface area (Å²) in [5.74, 6) is -1.06. The largest absolute Gasteiger partial charge is 0.387 e. The van der Waals surface area contributed by atoms with Gasteiger partial charge in [0, 0.05) is 22.6 Å². The molecule has 6 N–H and O–H groups in total. The molecule has 2 aromatic rings. The van der Waals surface area contributed by atoms with Crippen LogP contribution in [0, 0.1) is 9.75 Å². The molecule has 16 heteroatoms. The number of imidazole rings is 1. The first-order valence-electron chi connectivity index (χ1n) is 9.45. The second-order valence-corrected chi connectivity index (χ2v) is 9.91. The van der Waals surface area contributed by atoms with E-state index in [1.54, 1.807) is 18.6 Å². The van der Waals surface area contributed by atoms with E-state index in [0.717, 1.165) is 0 Å². The Morgan fingerprint density at radius 2 is 2.06 bits per heavy atom. The normalized spacial score (nSPS) is 24.8. The minimum Gasteiger partial charge on any atom is -0.387 e. The van der Waals surface area contributed by atoms with Gasteiger partial charge in [-0.05, 0) is 12.3 Å². The topological polar surface area (TPSA) is 212 Å². The number of nitrogens with one attached hydrogen (secondary N) is 1. The van der Waals surface area contributed by atoms with Crippen LogP contribution in [0.15, 0.2) is 6.33 Å². The summed E-state index contributed by atoms with van der Waals surface area (Å²) in [7, 11) is -4.60. The van der Waals surface area contributed by atoms with Crippen molar-refractivity contribution >= 4 is 55.8 Å². The van der Waals surface area contributed by atoms with Crippen molar-refractivity contribution in [3.8, 4) is 0 Å². The smallest absolute Gasteiger partial charge is 0.362 e. The number of aliphatic hydroxyl groups excluding tert-OH is 3. The number of carbonyl (C=O) groups excluding carboxylic acids is 1. The van der Waals surface area contributed by atoms with Crippen LogP contribution in [0.3, 0.4) is 0 Å². The molecule has 5 atom stereocenters. The zero-order valence-corrected chi connectivity index (χ0v) is 20.0. The van der Waals surface area contributed by atoms with E-state index in [0.29, 0.717) is 3.83 Å². The number of ether oxygens (including phenoxy) is 1. The van der Waals surface area contributed by atoms with Gasteiger partial charge in [-0.2, -0.15) is 8.42 Å². The molecular formula is C16H23IN6O8S. The molecule has 14 nitrogen and oxygen atoms in total. The maximum Gasteiger partial charge on any atom is 0.362 e. The lowest BCUT2D eigenvalue weighted by Crippen LogP contribution is -2.42. The van der Waals surface area contributed by atoms with Gasteiger partial charge in [0.05, 0.1) is 12.9 Å². The lowest BCUT2D eigenvalue weighted by molar-refractivity contribution is -0.128. The highest BCUT2D eigenvalue weighted by molar-refractivity contribution is 14.1. The third kappa shape index (κ3) is 5.43. The van der Waals surface area contributed by atoms with Gasteiger partial charge < -0.3 is 25.8 Å². The summed E-state index contributed by atoms with van der Waals surface area (Å²) in [4.78, 5) is 24.1. The molecule has 2 aromatic heterocycles. The molecule has 1 fully saturated rings. The molecule has 0 bridgehead atoms. The van der Waals surface area contributed by atoms with Gasteiger partial charge in [-0.15, -0.1) is 0 Å². The van der Waals surface area contributed by atoms with E-state index in [-0.39, 0.29) is 29.3 Å². The monoisotopic (exact) mass is 586 g/mol. The standard InChI is InChI=1S/C16H23IN6O8S/c1-6(2)3-7(24)14(27)22-32(28,29)30-4-8-10(25)11(26)15(31-8)23-5-19-9-12(18)20-16(17)21-13(9)23/h5-8,10-11,15,24-26H,3-4H2,1-2H3,(H,22,27)(H2,18,20,21)/t7-,8+,10+,11+,15+/m0/s1. The van der Waals surface area contributed by atoms with Crippen LogP contribution >= 0.6 is 22.6 Å². The SMILES string of the molecule is CC(C)C[C@H](O)C(=O)NS(=O)(=O)OC[C@H]1O[C@@H](n2cnc3c(N)nc(I)nc32)[C@H](O)[C@@H]1O. The zero-order valence-electron chi connectivity index (χ0n) is 17.0. The van der Waals surface area contributed by atoms with E-state index >= 15 is 0 Å². The van der Waals surface area contributed by atoms with Crippen LogP contribution in [-0.2, 0) is 24.0 Å². The summed E-state index contributed by atoms with van der Waals surface area (Å²) >= 11 is 1.85. The van der Waals surface area contributed by atoms with Crippen molar-refractivity contribution in [1.29, 1.82) is 0 Å². The lowest BCUT2D eigenvalue weighted by Gasteiger charge is -2.17. The molecule has 32 heavy (non-hydrogen) atoms. The maximum atomic E-state index is 12.0. The summed E-state index contributed by atoms with van der Waals surface area (Å²) in [6, 6.07) is 0. The van der Waals surface area contributed by atoms with E-state index in [1.807, 2.05) is 22.6 Å². The second kappa shape index (κ2) is 9.65. The van der Waals surface area contributed by atoms with Crippen LogP contribution < -0.4 is 10.5 Å². The Morgan fingerprint density at radius 3 is 2.72 bits per heavy atom. The summed E-state index contributed by atoms with van der Waals surface area (Å²) in [6.07, 6.45) is -5.60. The fraction of sp³-hybridized carbons (Fsp3) is 0.625. The fourth-order valence-electron chi connectivity index (χ4n) is 3.12. The van der Waals surface area contributed by atoms with Crippen LogP contribution in [0.1, 0.15) is 26.5 Å². The van der Waals surface area contributed by atoms with Crippen molar-refractivity contribution in [2.24, 2.45) is 5.92 Å². The first-order valence-corrected chi connectivity index (χ1v) is 11.9. The van der Waals surface area contributed by atoms with Crippen LogP contribution in [0.25, 0.3) is 11.2 Å². The highest BCUT2D eigenvalue weighted by Crippen LogP contribution is 2.32. The summed E-state index contributed by atoms with van der Waals surface area (Å²) in [6.45, 7) is 2.80. The summed E-state index contributed by atoms with van der Waals surface area (Å²) < 4.78 is 37.6. The molecule has 0 radical (unpaired) electrons. The average Bonchev–Trinajstić information content (AvgIpc) is 3.21. The van der Waals surface area contributed by atoms with Crippen LogP contribution in [0.5, 0.6) is 0 Å². The molecule has 1 aliphatic heterocycles. The Labute approximate surface area is 196 Å². The minimum atomic E-state index is -4.60. The lowest BCUT2D eigenvalue weighted by atomic mass is 10.1. The van der Waals surface area contributed by atoms with Crippen LogP contribution in [0.4, 0.5) is 5.82 Å². The molecule has 1 aliphatic rings. The molecule has 0 saturated carbocycles. The molecule has 1 amide bonds. The predicted molar refractivity (Wildman–Crippen MR) is 117 cm³/mol. The quantitative estimate of drug-likeness (QED) is 0.175. The highest BCUT2D eigenvalue weighted by Gasteiger charge is 2.45. The van der Waals surface area contributed by atoms with Crippen molar-refractivity contribution in [3.05, 3.63) is 10.2 Å². The highest BCUT2D eigenvalue weighted by atomic mass is 127. The molecular weight excluding hydrogens is 563 g/mol. The number of carbonyl (C=O) groups is 1.